The van der Waals surface area contributed by atoms with Crippen LogP contribution in [0.15, 0.2) is 48.5 Å². The highest BCUT2D eigenvalue weighted by molar-refractivity contribution is 6.31. The van der Waals surface area contributed by atoms with E-state index in [1.165, 1.54) is 45.6 Å². The molecule has 0 aliphatic rings. The van der Waals surface area contributed by atoms with Gasteiger partial charge in [0.2, 0.25) is 11.5 Å². The molecule has 0 radical (unpaired) electrons. The maximum absolute atomic E-state index is 14.3. The number of nitrogens with two attached hydrogens (primary N) is 1. The Kier molecular flexibility index (Phi) is 7.97. The van der Waals surface area contributed by atoms with E-state index in [1.807, 2.05) is 12.1 Å². The summed E-state index contributed by atoms with van der Waals surface area (Å²) >= 11 is 5.82. The average molecular weight is 475 g/mol. The topological polar surface area (TPSA) is 92.0 Å². The molecule has 1 amide bonds. The first-order valence-electron chi connectivity index (χ1n) is 9.98. The Hall–Kier alpha value is -3.49. The van der Waals surface area contributed by atoms with E-state index < -0.39 is 11.7 Å². The second-order valence-electron chi connectivity index (χ2n) is 6.86. The van der Waals surface area contributed by atoms with E-state index in [4.69, 9.17) is 36.3 Å². The molecule has 3 rings (SSSR count). The van der Waals surface area contributed by atoms with Crippen molar-refractivity contribution in [2.24, 2.45) is 5.73 Å². The molecule has 0 saturated carbocycles. The molecule has 3 aromatic carbocycles. The maximum atomic E-state index is 14.3. The molecule has 3 aromatic rings. The second-order valence-corrected chi connectivity index (χ2v) is 7.27. The van der Waals surface area contributed by atoms with Crippen molar-refractivity contribution >= 4 is 23.2 Å². The lowest BCUT2D eigenvalue weighted by Crippen LogP contribution is -2.15. The fourth-order valence-electron chi connectivity index (χ4n) is 3.23. The molecule has 0 fully saturated rings. The summed E-state index contributed by atoms with van der Waals surface area (Å²) in [7, 11) is 4.23. The van der Waals surface area contributed by atoms with Gasteiger partial charge in [-0.1, -0.05) is 29.8 Å². The van der Waals surface area contributed by atoms with Gasteiger partial charge in [-0.25, -0.2) is 4.39 Å². The molecule has 0 unspecified atom stereocenters. The van der Waals surface area contributed by atoms with Crippen molar-refractivity contribution in [1.82, 2.24) is 0 Å². The number of hydrogen-bond donors (Lipinski definition) is 2. The molecule has 0 spiro atoms. The lowest BCUT2D eigenvalue weighted by atomic mass is 10.1. The van der Waals surface area contributed by atoms with Crippen molar-refractivity contribution in [2.75, 3.05) is 33.2 Å². The Labute approximate surface area is 196 Å². The molecule has 0 aromatic heterocycles. The van der Waals surface area contributed by atoms with Crippen LogP contribution < -0.4 is 30.0 Å². The molecule has 0 bridgehead atoms. The normalized spacial score (nSPS) is 10.5. The van der Waals surface area contributed by atoms with Crippen LogP contribution in [-0.2, 0) is 6.42 Å². The third-order valence-electron chi connectivity index (χ3n) is 4.80. The highest BCUT2D eigenvalue weighted by atomic mass is 35.5. The second kappa shape index (κ2) is 10.9. The summed E-state index contributed by atoms with van der Waals surface area (Å²) in [6.45, 7) is 0.537. The van der Waals surface area contributed by atoms with Gasteiger partial charge in [-0.05, 0) is 42.8 Å². The number of rotatable bonds is 9. The summed E-state index contributed by atoms with van der Waals surface area (Å²) in [6.07, 6.45) is 0.740. The fraction of sp³-hybridized carbons (Fsp3) is 0.208. The van der Waals surface area contributed by atoms with Crippen LogP contribution in [-0.4, -0.2) is 33.8 Å². The number of amides is 1. The van der Waals surface area contributed by atoms with Crippen molar-refractivity contribution in [3.05, 3.63) is 70.5 Å². The van der Waals surface area contributed by atoms with Gasteiger partial charge in [0.15, 0.2) is 17.3 Å². The zero-order valence-corrected chi connectivity index (χ0v) is 19.2. The number of carbonyl (C=O) groups excluding carboxylic acids is 1. The van der Waals surface area contributed by atoms with Gasteiger partial charge in [-0.3, -0.25) is 4.79 Å². The minimum absolute atomic E-state index is 0.0456. The highest BCUT2D eigenvalue weighted by Gasteiger charge is 2.26. The predicted molar refractivity (Wildman–Crippen MR) is 125 cm³/mol. The lowest BCUT2D eigenvalue weighted by Gasteiger charge is -2.19. The summed E-state index contributed by atoms with van der Waals surface area (Å²) < 4.78 is 36.7. The van der Waals surface area contributed by atoms with Crippen molar-refractivity contribution in [2.45, 2.75) is 6.42 Å². The van der Waals surface area contributed by atoms with Gasteiger partial charge in [-0.2, -0.15) is 0 Å². The fourth-order valence-corrected chi connectivity index (χ4v) is 3.41. The SMILES string of the molecule is COc1c(Oc2ccc(CCN)cc2)cc(C(=O)Nc2cccc(Cl)c2F)c(OC)c1OC. The van der Waals surface area contributed by atoms with Gasteiger partial charge in [0.1, 0.15) is 5.75 Å². The molecular weight excluding hydrogens is 451 g/mol. The molecule has 0 aliphatic heterocycles. The molecular formula is C24H24ClFN2O5. The van der Waals surface area contributed by atoms with Crippen molar-refractivity contribution in [1.29, 1.82) is 0 Å². The standard InChI is InChI=1S/C24H24ClFN2O5/c1-30-21-16(24(29)28-18-6-4-5-17(25)20(18)26)13-19(22(31-2)23(21)32-3)33-15-9-7-14(8-10-15)11-12-27/h4-10,13H,11-12,27H2,1-3H3,(H,28,29). The summed E-state index contributed by atoms with van der Waals surface area (Å²) in [5, 5.41) is 2.38. The highest BCUT2D eigenvalue weighted by Crippen LogP contribution is 2.48. The predicted octanol–water partition coefficient (Wildman–Crippen LogP) is 5.05. The minimum Gasteiger partial charge on any atom is -0.492 e. The average Bonchev–Trinajstić information content (AvgIpc) is 2.82. The van der Waals surface area contributed by atoms with Gasteiger partial charge in [0.05, 0.1) is 37.6 Å². The lowest BCUT2D eigenvalue weighted by molar-refractivity contribution is 0.102. The quantitative estimate of drug-likeness (QED) is 0.451. The monoisotopic (exact) mass is 474 g/mol. The number of anilines is 1. The van der Waals surface area contributed by atoms with Crippen LogP contribution in [0.3, 0.4) is 0 Å². The third-order valence-corrected chi connectivity index (χ3v) is 5.09. The maximum Gasteiger partial charge on any atom is 0.259 e. The molecule has 0 saturated heterocycles. The van der Waals surface area contributed by atoms with Crippen molar-refractivity contribution < 1.29 is 28.1 Å². The van der Waals surface area contributed by atoms with Crippen LogP contribution >= 0.6 is 11.6 Å². The van der Waals surface area contributed by atoms with Crippen LogP contribution in [0.4, 0.5) is 10.1 Å². The van der Waals surface area contributed by atoms with E-state index in [0.29, 0.717) is 12.3 Å². The third kappa shape index (κ3) is 5.30. The Morgan fingerprint density at radius 3 is 2.27 bits per heavy atom. The van der Waals surface area contributed by atoms with Crippen molar-refractivity contribution in [3.8, 4) is 28.7 Å². The summed E-state index contributed by atoms with van der Waals surface area (Å²) in [5.74, 6) is -0.218. The zero-order valence-electron chi connectivity index (χ0n) is 18.4. The first-order valence-corrected chi connectivity index (χ1v) is 10.4. The Morgan fingerprint density at radius 2 is 1.67 bits per heavy atom. The van der Waals surface area contributed by atoms with Crippen LogP contribution in [0, 0.1) is 5.82 Å². The van der Waals surface area contributed by atoms with E-state index in [9.17, 15) is 9.18 Å². The van der Waals surface area contributed by atoms with Crippen LogP contribution in [0.1, 0.15) is 15.9 Å². The molecule has 3 N–H and O–H groups in total. The number of halogens is 2. The van der Waals surface area contributed by atoms with Gasteiger partial charge in [0, 0.05) is 6.07 Å². The largest absolute Gasteiger partial charge is 0.492 e. The molecule has 0 heterocycles. The van der Waals surface area contributed by atoms with Crippen LogP contribution in [0.25, 0.3) is 0 Å². The summed E-state index contributed by atoms with van der Waals surface area (Å²) in [5.41, 5.74) is 6.62. The van der Waals surface area contributed by atoms with E-state index in [0.717, 1.165) is 12.0 Å². The summed E-state index contributed by atoms with van der Waals surface area (Å²) in [4.78, 5) is 13.1. The van der Waals surface area contributed by atoms with E-state index in [-0.39, 0.29) is 39.3 Å². The van der Waals surface area contributed by atoms with Crippen LogP contribution in [0.5, 0.6) is 28.7 Å². The molecule has 33 heavy (non-hydrogen) atoms. The first kappa shape index (κ1) is 24.2. The summed E-state index contributed by atoms with van der Waals surface area (Å²) in [6, 6.07) is 13.1. The van der Waals surface area contributed by atoms with Gasteiger partial charge in [0.25, 0.3) is 5.91 Å². The minimum atomic E-state index is -0.749. The van der Waals surface area contributed by atoms with Crippen molar-refractivity contribution in [3.63, 3.8) is 0 Å². The number of carbonyl (C=O) groups is 1. The van der Waals surface area contributed by atoms with Crippen LogP contribution in [0.2, 0.25) is 5.02 Å². The molecule has 0 atom stereocenters. The molecule has 174 valence electrons. The number of nitrogens with one attached hydrogen (secondary N) is 1. The van der Waals surface area contributed by atoms with E-state index in [1.54, 1.807) is 12.1 Å². The Morgan fingerprint density at radius 1 is 1.00 bits per heavy atom. The number of benzene rings is 3. The van der Waals surface area contributed by atoms with E-state index >= 15 is 0 Å². The molecule has 7 nitrogen and oxygen atoms in total. The molecule has 0 aliphatic carbocycles. The number of methoxy groups -OCH3 is 3. The first-order chi connectivity index (χ1) is 15.9. The zero-order chi connectivity index (χ0) is 24.0. The smallest absolute Gasteiger partial charge is 0.259 e. The number of hydrogen-bond acceptors (Lipinski definition) is 6. The Bertz CT molecular complexity index is 1140. The van der Waals surface area contributed by atoms with Gasteiger partial charge in [-0.15, -0.1) is 0 Å². The molecule has 9 heteroatoms. The Balaban J connectivity index is 2.04. The number of ether oxygens (including phenoxy) is 4. The van der Waals surface area contributed by atoms with E-state index in [2.05, 4.69) is 5.32 Å². The van der Waals surface area contributed by atoms with Gasteiger partial charge >= 0.3 is 0 Å². The van der Waals surface area contributed by atoms with Gasteiger partial charge < -0.3 is 30.0 Å².